The van der Waals surface area contributed by atoms with Crippen LogP contribution in [0.4, 0.5) is 17.1 Å². The van der Waals surface area contributed by atoms with Crippen LogP contribution in [0.2, 0.25) is 0 Å². The summed E-state index contributed by atoms with van der Waals surface area (Å²) >= 11 is 0. The molecule has 3 heteroatoms. The Morgan fingerprint density at radius 2 is 1.33 bits per heavy atom. The lowest BCUT2D eigenvalue weighted by atomic mass is 9.73. The van der Waals surface area contributed by atoms with Crippen LogP contribution in [0.3, 0.4) is 0 Å². The first-order chi connectivity index (χ1) is 23.6. The SMILES string of the molecule is CC1(C)c2ccccc2N(c2ccccc2)c2ccc(-c3ccc(-n4c5ccccc5c5ccc6c7c(oc6c54)CCC=C7)cc3)cc21. The highest BCUT2D eigenvalue weighted by Crippen LogP contribution is 2.52. The van der Waals surface area contributed by atoms with Gasteiger partial charge in [-0.1, -0.05) is 105 Å². The van der Waals surface area contributed by atoms with E-state index in [0.717, 1.165) is 35.4 Å². The molecule has 2 aromatic heterocycles. The first-order valence-electron chi connectivity index (χ1n) is 16.9. The van der Waals surface area contributed by atoms with E-state index in [1.807, 2.05) is 0 Å². The molecule has 0 atom stereocenters. The first kappa shape index (κ1) is 27.3. The fourth-order valence-electron chi connectivity index (χ4n) is 8.26. The number of para-hydroxylation sites is 3. The van der Waals surface area contributed by atoms with Gasteiger partial charge in [-0.3, -0.25) is 0 Å². The number of anilines is 3. The Labute approximate surface area is 280 Å². The van der Waals surface area contributed by atoms with E-state index >= 15 is 0 Å². The number of rotatable bonds is 3. The lowest BCUT2D eigenvalue weighted by molar-refractivity contribution is 0.548. The van der Waals surface area contributed by atoms with Gasteiger partial charge in [-0.15, -0.1) is 0 Å². The van der Waals surface area contributed by atoms with E-state index in [1.54, 1.807) is 0 Å². The van der Waals surface area contributed by atoms with Crippen LogP contribution in [0.25, 0.3) is 55.7 Å². The van der Waals surface area contributed by atoms with Gasteiger partial charge < -0.3 is 13.9 Å². The van der Waals surface area contributed by atoms with E-state index < -0.39 is 0 Å². The van der Waals surface area contributed by atoms with Gasteiger partial charge in [-0.05, 0) is 83.3 Å². The number of allylic oxidation sites excluding steroid dienone is 1. The number of fused-ring (bicyclic) bond motifs is 9. The molecule has 0 fully saturated rings. The molecule has 6 aromatic carbocycles. The van der Waals surface area contributed by atoms with E-state index in [4.69, 9.17) is 4.42 Å². The molecule has 0 spiro atoms. The molecule has 0 saturated carbocycles. The number of hydrogen-bond acceptors (Lipinski definition) is 2. The summed E-state index contributed by atoms with van der Waals surface area (Å²) in [5.41, 5.74) is 14.2. The van der Waals surface area contributed by atoms with E-state index in [2.05, 4.69) is 169 Å². The van der Waals surface area contributed by atoms with Crippen molar-refractivity contribution in [3.63, 3.8) is 0 Å². The number of benzene rings is 6. The molecule has 8 aromatic rings. The predicted octanol–water partition coefficient (Wildman–Crippen LogP) is 12.3. The lowest BCUT2D eigenvalue weighted by Crippen LogP contribution is -2.30. The Balaban J connectivity index is 1.12. The van der Waals surface area contributed by atoms with Crippen molar-refractivity contribution in [2.24, 2.45) is 0 Å². The third-order valence-corrected chi connectivity index (χ3v) is 10.6. The topological polar surface area (TPSA) is 21.3 Å². The highest BCUT2D eigenvalue weighted by atomic mass is 16.3. The number of nitrogens with zero attached hydrogens (tertiary/aromatic N) is 2. The average molecular weight is 619 g/mol. The summed E-state index contributed by atoms with van der Waals surface area (Å²) in [7, 11) is 0. The second kappa shape index (κ2) is 10.1. The highest BCUT2D eigenvalue weighted by Gasteiger charge is 2.37. The number of aromatic nitrogens is 1. The van der Waals surface area contributed by atoms with Crippen LogP contribution in [0, 0.1) is 0 Å². The Hall–Kier alpha value is -5.80. The summed E-state index contributed by atoms with van der Waals surface area (Å²) in [6.45, 7) is 4.70. The van der Waals surface area contributed by atoms with Gasteiger partial charge in [0.1, 0.15) is 5.76 Å². The molecule has 0 unspecified atom stereocenters. The lowest BCUT2D eigenvalue weighted by Gasteiger charge is -2.42. The van der Waals surface area contributed by atoms with Gasteiger partial charge >= 0.3 is 0 Å². The molecule has 0 radical (unpaired) electrons. The minimum absolute atomic E-state index is 0.154. The maximum atomic E-state index is 6.65. The van der Waals surface area contributed by atoms with Gasteiger partial charge in [0, 0.05) is 44.9 Å². The molecule has 230 valence electrons. The minimum atomic E-state index is -0.154. The largest absolute Gasteiger partial charge is 0.458 e. The molecule has 0 saturated heterocycles. The van der Waals surface area contributed by atoms with Crippen molar-refractivity contribution in [2.75, 3.05) is 4.90 Å². The average Bonchev–Trinajstić information content (AvgIpc) is 3.68. The van der Waals surface area contributed by atoms with Crippen LogP contribution < -0.4 is 4.90 Å². The molecule has 0 bridgehead atoms. The highest BCUT2D eigenvalue weighted by molar-refractivity contribution is 6.18. The Kier molecular flexibility index (Phi) is 5.75. The zero-order chi connectivity index (χ0) is 32.0. The molecule has 10 rings (SSSR count). The normalized spacial score (nSPS) is 14.8. The van der Waals surface area contributed by atoms with Gasteiger partial charge in [-0.2, -0.15) is 0 Å². The van der Waals surface area contributed by atoms with E-state index in [1.165, 1.54) is 66.6 Å². The summed E-state index contributed by atoms with van der Waals surface area (Å²) < 4.78 is 9.04. The molecule has 3 heterocycles. The molecule has 1 aliphatic carbocycles. The van der Waals surface area contributed by atoms with Crippen molar-refractivity contribution in [3.8, 4) is 16.8 Å². The summed E-state index contributed by atoms with van der Waals surface area (Å²) in [4.78, 5) is 2.41. The van der Waals surface area contributed by atoms with Crippen LogP contribution in [0.15, 0.2) is 144 Å². The predicted molar refractivity (Wildman–Crippen MR) is 200 cm³/mol. The smallest absolute Gasteiger partial charge is 0.159 e. The third-order valence-electron chi connectivity index (χ3n) is 10.6. The maximum Gasteiger partial charge on any atom is 0.159 e. The van der Waals surface area contributed by atoms with E-state index in [9.17, 15) is 0 Å². The summed E-state index contributed by atoms with van der Waals surface area (Å²) in [6, 6.07) is 48.8. The van der Waals surface area contributed by atoms with Gasteiger partial charge in [-0.25, -0.2) is 0 Å². The van der Waals surface area contributed by atoms with Crippen molar-refractivity contribution in [3.05, 3.63) is 162 Å². The van der Waals surface area contributed by atoms with Crippen molar-refractivity contribution < 1.29 is 4.42 Å². The fraction of sp³-hybridized carbons (Fsp3) is 0.111. The molecule has 2 aliphatic rings. The van der Waals surface area contributed by atoms with Gasteiger partial charge in [0.05, 0.1) is 22.4 Å². The van der Waals surface area contributed by atoms with Gasteiger partial charge in [0.25, 0.3) is 0 Å². The second-order valence-corrected chi connectivity index (χ2v) is 13.7. The molecule has 3 nitrogen and oxygen atoms in total. The summed E-state index contributed by atoms with van der Waals surface area (Å²) in [5.74, 6) is 1.09. The van der Waals surface area contributed by atoms with Crippen molar-refractivity contribution in [1.29, 1.82) is 0 Å². The molecule has 48 heavy (non-hydrogen) atoms. The quantitative estimate of drug-likeness (QED) is 0.196. The number of aryl methyl sites for hydroxylation is 1. The van der Waals surface area contributed by atoms with Crippen LogP contribution in [0.5, 0.6) is 0 Å². The minimum Gasteiger partial charge on any atom is -0.458 e. The number of hydrogen-bond donors (Lipinski definition) is 0. The Bertz CT molecular complexity index is 2580. The van der Waals surface area contributed by atoms with Gasteiger partial charge in [0.2, 0.25) is 0 Å². The van der Waals surface area contributed by atoms with Gasteiger partial charge in [0.15, 0.2) is 5.58 Å². The standard InChI is InChI=1S/C45H34N2O/c1-45(2)37-16-8-10-18-40(37)46(31-12-4-3-5-13-31)41-27-22-30(28-38(41)45)29-20-23-32(24-21-29)47-39-17-9-6-14-33(39)35-25-26-36-34-15-7-11-19-42(34)48-44(36)43(35)47/h3-10,12-18,20-28H,11,19H2,1-2H3. The zero-order valence-corrected chi connectivity index (χ0v) is 27.1. The summed E-state index contributed by atoms with van der Waals surface area (Å²) in [5, 5.41) is 3.65. The fourth-order valence-corrected chi connectivity index (χ4v) is 8.26. The van der Waals surface area contributed by atoms with Crippen molar-refractivity contribution in [1.82, 2.24) is 4.57 Å². The second-order valence-electron chi connectivity index (χ2n) is 13.7. The number of furan rings is 1. The van der Waals surface area contributed by atoms with Crippen molar-refractivity contribution >= 4 is 55.9 Å². The maximum absolute atomic E-state index is 6.65. The van der Waals surface area contributed by atoms with Crippen LogP contribution in [0.1, 0.15) is 42.7 Å². The Morgan fingerprint density at radius 3 is 2.21 bits per heavy atom. The Morgan fingerprint density at radius 1 is 0.604 bits per heavy atom. The molecular formula is C45H34N2O. The zero-order valence-electron chi connectivity index (χ0n) is 27.1. The molecular weight excluding hydrogens is 585 g/mol. The third kappa shape index (κ3) is 3.82. The molecule has 0 N–H and O–H groups in total. The van der Waals surface area contributed by atoms with Crippen LogP contribution in [-0.2, 0) is 11.8 Å². The summed E-state index contributed by atoms with van der Waals surface area (Å²) in [6.07, 6.45) is 6.46. The monoisotopic (exact) mass is 618 g/mol. The molecule has 1 aliphatic heterocycles. The first-order valence-corrected chi connectivity index (χ1v) is 16.9. The van der Waals surface area contributed by atoms with E-state index in [-0.39, 0.29) is 5.41 Å². The van der Waals surface area contributed by atoms with E-state index in [0.29, 0.717) is 0 Å². The van der Waals surface area contributed by atoms with Crippen LogP contribution >= 0.6 is 0 Å². The van der Waals surface area contributed by atoms with Crippen LogP contribution in [-0.4, -0.2) is 4.57 Å². The molecule has 0 amide bonds. The van der Waals surface area contributed by atoms with Crippen molar-refractivity contribution in [2.45, 2.75) is 32.1 Å².